The average Bonchev–Trinajstić information content (AvgIpc) is 2.67. The Labute approximate surface area is 162 Å². The zero-order chi connectivity index (χ0) is 20.5. The molecule has 0 saturated heterocycles. The molecule has 8 nitrogen and oxygen atoms in total. The third-order valence-corrected chi connectivity index (χ3v) is 4.06. The van der Waals surface area contributed by atoms with Crippen LogP contribution in [0.25, 0.3) is 0 Å². The van der Waals surface area contributed by atoms with E-state index < -0.39 is 36.4 Å². The van der Waals surface area contributed by atoms with Crippen LogP contribution >= 0.6 is 0 Å². The molecule has 2 amide bonds. The van der Waals surface area contributed by atoms with E-state index in [1.165, 1.54) is 12.1 Å². The van der Waals surface area contributed by atoms with Gasteiger partial charge in [-0.15, -0.1) is 0 Å². The van der Waals surface area contributed by atoms with E-state index >= 15 is 0 Å². The molecular weight excluding hydrogens is 362 g/mol. The summed E-state index contributed by atoms with van der Waals surface area (Å²) in [5, 5.41) is 23.0. The second kappa shape index (κ2) is 10.1. The van der Waals surface area contributed by atoms with E-state index in [-0.39, 0.29) is 12.2 Å². The lowest BCUT2D eigenvalue weighted by molar-refractivity contribution is -0.138. The summed E-state index contributed by atoms with van der Waals surface area (Å²) in [6, 6.07) is 13.5. The van der Waals surface area contributed by atoms with Gasteiger partial charge in [-0.1, -0.05) is 42.5 Å². The van der Waals surface area contributed by atoms with Crippen molar-refractivity contribution in [3.63, 3.8) is 0 Å². The molecule has 0 aliphatic carbocycles. The first-order valence-corrected chi connectivity index (χ1v) is 8.72. The molecule has 8 heteroatoms. The number of aliphatic carboxylic acids is 1. The van der Waals surface area contributed by atoms with E-state index in [2.05, 4.69) is 10.6 Å². The van der Waals surface area contributed by atoms with Gasteiger partial charge < -0.3 is 26.6 Å². The van der Waals surface area contributed by atoms with Crippen molar-refractivity contribution < 1.29 is 24.6 Å². The molecule has 0 aromatic heterocycles. The molecule has 6 N–H and O–H groups in total. The second-order valence-corrected chi connectivity index (χ2v) is 6.34. The van der Waals surface area contributed by atoms with Crippen molar-refractivity contribution in [1.82, 2.24) is 10.6 Å². The summed E-state index contributed by atoms with van der Waals surface area (Å²) in [6.07, 6.45) is 0.422. The van der Waals surface area contributed by atoms with Gasteiger partial charge in [0.25, 0.3) is 0 Å². The first-order valence-electron chi connectivity index (χ1n) is 8.72. The lowest BCUT2D eigenvalue weighted by Crippen LogP contribution is -2.53. The maximum absolute atomic E-state index is 12.5. The number of nitrogens with one attached hydrogen (secondary N) is 2. The number of carbonyl (C=O) groups excluding carboxylic acids is 2. The van der Waals surface area contributed by atoms with Crippen LogP contribution in [0.5, 0.6) is 5.75 Å². The summed E-state index contributed by atoms with van der Waals surface area (Å²) in [4.78, 5) is 35.5. The summed E-state index contributed by atoms with van der Waals surface area (Å²) >= 11 is 0. The molecular formula is C20H23N3O5. The van der Waals surface area contributed by atoms with Gasteiger partial charge in [-0.25, -0.2) is 0 Å². The number of nitrogens with two attached hydrogens (primary N) is 1. The Morgan fingerprint density at radius 1 is 0.893 bits per heavy atom. The minimum Gasteiger partial charge on any atom is -0.508 e. The van der Waals surface area contributed by atoms with Gasteiger partial charge in [0.1, 0.15) is 18.3 Å². The Kier molecular flexibility index (Phi) is 7.53. The molecule has 0 aliphatic heterocycles. The third-order valence-electron chi connectivity index (χ3n) is 4.06. The molecule has 0 radical (unpaired) electrons. The highest BCUT2D eigenvalue weighted by atomic mass is 16.4. The monoisotopic (exact) mass is 385 g/mol. The van der Waals surface area contributed by atoms with E-state index in [9.17, 15) is 19.5 Å². The SMILES string of the molecule is N[C@@H](Cc1ccccc1)C(=O)N[C@@H](Cc1ccc(O)cc1)C(=O)NCC(=O)O. The third kappa shape index (κ3) is 6.73. The molecule has 0 unspecified atom stereocenters. The number of benzene rings is 2. The summed E-state index contributed by atoms with van der Waals surface area (Å²) < 4.78 is 0. The molecule has 0 fully saturated rings. The van der Waals surface area contributed by atoms with Gasteiger partial charge >= 0.3 is 5.97 Å². The standard InChI is InChI=1S/C20H23N3O5/c21-16(10-13-4-2-1-3-5-13)19(27)23-17(20(28)22-12-18(25)26)11-14-6-8-15(24)9-7-14/h1-9,16-17,24H,10-12,21H2,(H,22,28)(H,23,27)(H,25,26)/t16-,17-/m0/s1. The fourth-order valence-corrected chi connectivity index (χ4v) is 2.60. The molecule has 2 aromatic rings. The zero-order valence-corrected chi connectivity index (χ0v) is 15.2. The van der Waals surface area contributed by atoms with Crippen LogP contribution < -0.4 is 16.4 Å². The number of carboxylic acid groups (broad SMARTS) is 1. The van der Waals surface area contributed by atoms with Gasteiger partial charge in [0.2, 0.25) is 11.8 Å². The normalized spacial score (nSPS) is 12.6. The molecule has 0 heterocycles. The summed E-state index contributed by atoms with van der Waals surface area (Å²) in [5.74, 6) is -2.26. The predicted molar refractivity (Wildman–Crippen MR) is 103 cm³/mol. The highest BCUT2D eigenvalue weighted by Gasteiger charge is 2.24. The molecule has 0 saturated carbocycles. The van der Waals surface area contributed by atoms with Crippen LogP contribution in [0.15, 0.2) is 54.6 Å². The molecule has 148 valence electrons. The first-order chi connectivity index (χ1) is 13.3. The topological polar surface area (TPSA) is 142 Å². The maximum Gasteiger partial charge on any atom is 0.322 e. The Bertz CT molecular complexity index is 808. The lowest BCUT2D eigenvalue weighted by atomic mass is 10.0. The van der Waals surface area contributed by atoms with Crippen molar-refractivity contribution in [3.8, 4) is 5.75 Å². The Morgan fingerprint density at radius 3 is 2.11 bits per heavy atom. The highest BCUT2D eigenvalue weighted by Crippen LogP contribution is 2.12. The molecule has 2 rings (SSSR count). The summed E-state index contributed by atoms with van der Waals surface area (Å²) in [6.45, 7) is -0.559. The number of phenolic OH excluding ortho intramolecular Hbond substituents is 1. The second-order valence-electron chi connectivity index (χ2n) is 6.34. The minimum absolute atomic E-state index is 0.0737. The molecule has 2 aromatic carbocycles. The van der Waals surface area contributed by atoms with Gasteiger partial charge in [-0.3, -0.25) is 14.4 Å². The minimum atomic E-state index is -1.19. The smallest absolute Gasteiger partial charge is 0.322 e. The van der Waals surface area contributed by atoms with Crippen molar-refractivity contribution in [2.24, 2.45) is 5.73 Å². The molecule has 2 atom stereocenters. The lowest BCUT2D eigenvalue weighted by Gasteiger charge is -2.20. The van der Waals surface area contributed by atoms with E-state index in [1.54, 1.807) is 12.1 Å². The van der Waals surface area contributed by atoms with Crippen molar-refractivity contribution in [2.75, 3.05) is 6.54 Å². The first kappa shape index (κ1) is 20.9. The number of rotatable bonds is 9. The van der Waals surface area contributed by atoms with Gasteiger partial charge in [0.05, 0.1) is 6.04 Å². The highest BCUT2D eigenvalue weighted by molar-refractivity contribution is 5.91. The van der Waals surface area contributed by atoms with E-state index in [1.807, 2.05) is 30.3 Å². The van der Waals surface area contributed by atoms with Crippen LogP contribution in [-0.4, -0.2) is 46.6 Å². The van der Waals surface area contributed by atoms with Gasteiger partial charge in [0.15, 0.2) is 0 Å². The fraction of sp³-hybridized carbons (Fsp3) is 0.250. The number of aromatic hydroxyl groups is 1. The van der Waals surface area contributed by atoms with Gasteiger partial charge in [-0.05, 0) is 29.7 Å². The van der Waals surface area contributed by atoms with Crippen molar-refractivity contribution in [2.45, 2.75) is 24.9 Å². The van der Waals surface area contributed by atoms with Crippen LogP contribution in [-0.2, 0) is 27.2 Å². The molecule has 0 aliphatic rings. The zero-order valence-electron chi connectivity index (χ0n) is 15.2. The molecule has 0 spiro atoms. The van der Waals surface area contributed by atoms with Crippen molar-refractivity contribution in [1.29, 1.82) is 0 Å². The van der Waals surface area contributed by atoms with Crippen molar-refractivity contribution >= 4 is 17.8 Å². The molecule has 0 bridgehead atoms. The number of carbonyl (C=O) groups is 3. The number of phenols is 1. The number of carboxylic acids is 1. The van der Waals surface area contributed by atoms with E-state index in [4.69, 9.17) is 10.8 Å². The fourth-order valence-electron chi connectivity index (χ4n) is 2.60. The van der Waals surface area contributed by atoms with Crippen molar-refractivity contribution in [3.05, 3.63) is 65.7 Å². The number of amides is 2. The summed E-state index contributed by atoms with van der Waals surface area (Å²) in [7, 11) is 0. The van der Waals surface area contributed by atoms with Gasteiger partial charge in [-0.2, -0.15) is 0 Å². The van der Waals surface area contributed by atoms with Crippen LogP contribution in [0.1, 0.15) is 11.1 Å². The predicted octanol–water partition coefficient (Wildman–Crippen LogP) is 0.190. The Balaban J connectivity index is 2.06. The van der Waals surface area contributed by atoms with Crippen LogP contribution in [0.3, 0.4) is 0 Å². The van der Waals surface area contributed by atoms with E-state index in [0.29, 0.717) is 12.0 Å². The average molecular weight is 385 g/mol. The van der Waals surface area contributed by atoms with Crippen LogP contribution in [0.4, 0.5) is 0 Å². The van der Waals surface area contributed by atoms with E-state index in [0.717, 1.165) is 5.56 Å². The summed E-state index contributed by atoms with van der Waals surface area (Å²) in [5.41, 5.74) is 7.53. The Hall–Kier alpha value is -3.39. The quantitative estimate of drug-likeness (QED) is 0.417. The largest absolute Gasteiger partial charge is 0.508 e. The Morgan fingerprint density at radius 2 is 1.50 bits per heavy atom. The number of hydrogen-bond acceptors (Lipinski definition) is 5. The van der Waals surface area contributed by atoms with Gasteiger partial charge in [0, 0.05) is 6.42 Å². The maximum atomic E-state index is 12.5. The van der Waals surface area contributed by atoms with Crippen LogP contribution in [0.2, 0.25) is 0 Å². The molecule has 28 heavy (non-hydrogen) atoms. The van der Waals surface area contributed by atoms with Crippen LogP contribution in [0, 0.1) is 0 Å². The number of hydrogen-bond donors (Lipinski definition) is 5.